The highest BCUT2D eigenvalue weighted by molar-refractivity contribution is 5.32. The maximum Gasteiger partial charge on any atom is 0.115 e. The molecule has 0 saturated heterocycles. The lowest BCUT2D eigenvalue weighted by Crippen LogP contribution is -2.21. The Morgan fingerprint density at radius 3 is 2.36 bits per heavy atom. The van der Waals surface area contributed by atoms with Gasteiger partial charge in [0.2, 0.25) is 0 Å². The minimum absolute atomic E-state index is 0.767. The Morgan fingerprint density at radius 1 is 1.07 bits per heavy atom. The van der Waals surface area contributed by atoms with Crippen molar-refractivity contribution in [1.82, 2.24) is 0 Å². The SMILES string of the molecule is C[C@](O)(c1ccccc1)c1ccoc1. The van der Waals surface area contributed by atoms with E-state index in [2.05, 4.69) is 0 Å². The van der Waals surface area contributed by atoms with Gasteiger partial charge in [-0.2, -0.15) is 0 Å². The number of furan rings is 1. The molecule has 14 heavy (non-hydrogen) atoms. The van der Waals surface area contributed by atoms with Gasteiger partial charge in [0, 0.05) is 5.56 Å². The van der Waals surface area contributed by atoms with Crippen molar-refractivity contribution >= 4 is 0 Å². The Bertz CT molecular complexity index is 388. The van der Waals surface area contributed by atoms with Crippen molar-refractivity contribution in [2.24, 2.45) is 0 Å². The molecule has 2 heteroatoms. The molecule has 0 saturated carbocycles. The lowest BCUT2D eigenvalue weighted by molar-refractivity contribution is 0.101. The van der Waals surface area contributed by atoms with Gasteiger partial charge in [0.1, 0.15) is 5.60 Å². The van der Waals surface area contributed by atoms with E-state index in [0.717, 1.165) is 11.1 Å². The molecule has 1 heterocycles. The summed E-state index contributed by atoms with van der Waals surface area (Å²) in [5, 5.41) is 10.3. The van der Waals surface area contributed by atoms with E-state index in [1.165, 1.54) is 0 Å². The van der Waals surface area contributed by atoms with E-state index in [1.807, 2.05) is 30.3 Å². The van der Waals surface area contributed by atoms with Crippen molar-refractivity contribution in [3.63, 3.8) is 0 Å². The molecule has 0 aliphatic heterocycles. The van der Waals surface area contributed by atoms with Crippen molar-refractivity contribution in [3.05, 3.63) is 60.1 Å². The Balaban J connectivity index is 2.43. The van der Waals surface area contributed by atoms with Crippen LogP contribution in [0.25, 0.3) is 0 Å². The summed E-state index contributed by atoms with van der Waals surface area (Å²) in [5.74, 6) is 0. The van der Waals surface area contributed by atoms with E-state index in [1.54, 1.807) is 25.5 Å². The van der Waals surface area contributed by atoms with E-state index in [9.17, 15) is 5.11 Å². The van der Waals surface area contributed by atoms with Gasteiger partial charge in [-0.3, -0.25) is 0 Å². The summed E-state index contributed by atoms with van der Waals surface area (Å²) < 4.78 is 4.96. The molecule has 2 rings (SSSR count). The van der Waals surface area contributed by atoms with Gasteiger partial charge < -0.3 is 9.52 Å². The van der Waals surface area contributed by atoms with Crippen LogP contribution < -0.4 is 0 Å². The molecule has 2 aromatic rings. The average Bonchev–Trinajstić information content (AvgIpc) is 2.72. The average molecular weight is 188 g/mol. The van der Waals surface area contributed by atoms with Gasteiger partial charge >= 0.3 is 0 Å². The number of hydrogen-bond acceptors (Lipinski definition) is 2. The van der Waals surface area contributed by atoms with Crippen LogP contribution in [-0.2, 0) is 5.60 Å². The van der Waals surface area contributed by atoms with Gasteiger partial charge in [0.15, 0.2) is 0 Å². The Hall–Kier alpha value is -1.54. The Morgan fingerprint density at radius 2 is 1.79 bits per heavy atom. The van der Waals surface area contributed by atoms with Crippen LogP contribution in [0.15, 0.2) is 53.3 Å². The van der Waals surface area contributed by atoms with Gasteiger partial charge in [0.05, 0.1) is 12.5 Å². The van der Waals surface area contributed by atoms with Gasteiger partial charge in [-0.05, 0) is 18.6 Å². The number of rotatable bonds is 2. The third-order valence-corrected chi connectivity index (χ3v) is 2.42. The van der Waals surface area contributed by atoms with Crippen LogP contribution in [0.2, 0.25) is 0 Å². The first-order chi connectivity index (χ1) is 6.71. The second-order valence-corrected chi connectivity index (χ2v) is 3.45. The van der Waals surface area contributed by atoms with Crippen molar-refractivity contribution in [2.75, 3.05) is 0 Å². The van der Waals surface area contributed by atoms with Crippen LogP contribution in [0.4, 0.5) is 0 Å². The molecule has 72 valence electrons. The quantitative estimate of drug-likeness (QED) is 0.785. The molecule has 0 aliphatic carbocycles. The summed E-state index contributed by atoms with van der Waals surface area (Å²) in [7, 11) is 0. The standard InChI is InChI=1S/C12H12O2/c1-12(13,11-7-8-14-9-11)10-5-3-2-4-6-10/h2-9,13H,1H3/t12-/m0/s1. The molecule has 0 aliphatic rings. The minimum Gasteiger partial charge on any atom is -0.472 e. The Kier molecular flexibility index (Phi) is 2.14. The predicted octanol–water partition coefficient (Wildman–Crippen LogP) is 2.54. The van der Waals surface area contributed by atoms with Crippen LogP contribution in [0.5, 0.6) is 0 Å². The monoisotopic (exact) mass is 188 g/mol. The fourth-order valence-electron chi connectivity index (χ4n) is 1.47. The summed E-state index contributed by atoms with van der Waals surface area (Å²) >= 11 is 0. The largest absolute Gasteiger partial charge is 0.472 e. The van der Waals surface area contributed by atoms with E-state index in [0.29, 0.717) is 0 Å². The molecule has 2 nitrogen and oxygen atoms in total. The summed E-state index contributed by atoms with van der Waals surface area (Å²) in [6, 6.07) is 11.3. The fourth-order valence-corrected chi connectivity index (χ4v) is 1.47. The van der Waals surface area contributed by atoms with E-state index in [-0.39, 0.29) is 0 Å². The third-order valence-electron chi connectivity index (χ3n) is 2.42. The molecule has 1 aromatic carbocycles. The highest BCUT2D eigenvalue weighted by atomic mass is 16.3. The number of benzene rings is 1. The van der Waals surface area contributed by atoms with Crippen molar-refractivity contribution < 1.29 is 9.52 Å². The Labute approximate surface area is 82.8 Å². The summed E-state index contributed by atoms with van der Waals surface area (Å²) in [6.07, 6.45) is 3.12. The molecule has 1 aromatic heterocycles. The van der Waals surface area contributed by atoms with Crippen LogP contribution >= 0.6 is 0 Å². The summed E-state index contributed by atoms with van der Waals surface area (Å²) in [5.41, 5.74) is 0.652. The van der Waals surface area contributed by atoms with Crippen LogP contribution in [0, 0.1) is 0 Å². The summed E-state index contributed by atoms with van der Waals surface area (Å²) in [4.78, 5) is 0. The summed E-state index contributed by atoms with van der Waals surface area (Å²) in [6.45, 7) is 1.76. The van der Waals surface area contributed by atoms with E-state index in [4.69, 9.17) is 4.42 Å². The molecule has 0 unspecified atom stereocenters. The maximum atomic E-state index is 10.3. The highest BCUT2D eigenvalue weighted by Gasteiger charge is 2.25. The smallest absolute Gasteiger partial charge is 0.115 e. The molecule has 1 atom stereocenters. The van der Waals surface area contributed by atoms with Crippen LogP contribution in [0.1, 0.15) is 18.1 Å². The zero-order valence-corrected chi connectivity index (χ0v) is 7.97. The first-order valence-electron chi connectivity index (χ1n) is 4.52. The second-order valence-electron chi connectivity index (χ2n) is 3.45. The predicted molar refractivity (Wildman–Crippen MR) is 53.8 cm³/mol. The highest BCUT2D eigenvalue weighted by Crippen LogP contribution is 2.28. The number of hydrogen-bond donors (Lipinski definition) is 1. The maximum absolute atomic E-state index is 10.3. The van der Waals surface area contributed by atoms with Crippen LogP contribution in [0.3, 0.4) is 0 Å². The van der Waals surface area contributed by atoms with Gasteiger partial charge in [-0.15, -0.1) is 0 Å². The first-order valence-corrected chi connectivity index (χ1v) is 4.52. The molecule has 0 spiro atoms. The van der Waals surface area contributed by atoms with Gasteiger partial charge in [-0.1, -0.05) is 30.3 Å². The second kappa shape index (κ2) is 3.31. The van der Waals surface area contributed by atoms with Gasteiger partial charge in [0.25, 0.3) is 0 Å². The minimum atomic E-state index is -0.978. The normalized spacial score (nSPS) is 15.0. The van der Waals surface area contributed by atoms with E-state index >= 15 is 0 Å². The zero-order chi connectivity index (χ0) is 10.0. The zero-order valence-electron chi connectivity index (χ0n) is 7.97. The molecule has 1 N–H and O–H groups in total. The third kappa shape index (κ3) is 1.44. The molecule has 0 amide bonds. The van der Waals surface area contributed by atoms with Crippen LogP contribution in [-0.4, -0.2) is 5.11 Å². The van der Waals surface area contributed by atoms with E-state index < -0.39 is 5.60 Å². The molecular formula is C12H12O2. The lowest BCUT2D eigenvalue weighted by atomic mass is 9.90. The number of aliphatic hydroxyl groups is 1. The molecular weight excluding hydrogens is 176 g/mol. The van der Waals surface area contributed by atoms with Gasteiger partial charge in [-0.25, -0.2) is 0 Å². The van der Waals surface area contributed by atoms with Crippen molar-refractivity contribution in [2.45, 2.75) is 12.5 Å². The molecule has 0 fully saturated rings. The fraction of sp³-hybridized carbons (Fsp3) is 0.167. The van der Waals surface area contributed by atoms with Crippen molar-refractivity contribution in [1.29, 1.82) is 0 Å². The topological polar surface area (TPSA) is 33.4 Å². The molecule has 0 bridgehead atoms. The lowest BCUT2D eigenvalue weighted by Gasteiger charge is -2.22. The first kappa shape index (κ1) is 9.03. The molecule has 0 radical (unpaired) electrons. The van der Waals surface area contributed by atoms with Crippen molar-refractivity contribution in [3.8, 4) is 0 Å².